The summed E-state index contributed by atoms with van der Waals surface area (Å²) in [6, 6.07) is 5.09. The molecule has 0 unspecified atom stereocenters. The lowest BCUT2D eigenvalue weighted by molar-refractivity contribution is 0.0602. The molecule has 0 spiro atoms. The van der Waals surface area contributed by atoms with Crippen LogP contribution in [0.25, 0.3) is 11.0 Å². The Bertz CT molecular complexity index is 487. The topological polar surface area (TPSA) is 39.4 Å². The molecule has 1 heterocycles. The van der Waals surface area contributed by atoms with Crippen LogP contribution in [-0.2, 0) is 4.74 Å². The minimum atomic E-state index is -0.411. The summed E-state index contributed by atoms with van der Waals surface area (Å²) in [6.45, 7) is 0. The van der Waals surface area contributed by atoms with E-state index in [0.717, 1.165) is 0 Å². The highest BCUT2D eigenvalue weighted by Gasteiger charge is 2.13. The van der Waals surface area contributed by atoms with Gasteiger partial charge in [-0.2, -0.15) is 0 Å². The van der Waals surface area contributed by atoms with Crippen molar-refractivity contribution in [1.82, 2.24) is 0 Å². The quantitative estimate of drug-likeness (QED) is 0.680. The van der Waals surface area contributed by atoms with Gasteiger partial charge in [-0.3, -0.25) is 0 Å². The van der Waals surface area contributed by atoms with Gasteiger partial charge in [-0.15, -0.1) is 0 Å². The largest absolute Gasteiger partial charge is 0.465 e. The van der Waals surface area contributed by atoms with Crippen LogP contribution in [0, 0.1) is 0 Å². The first-order valence-corrected chi connectivity index (χ1v) is 4.35. The van der Waals surface area contributed by atoms with Gasteiger partial charge in [0.1, 0.15) is 17.4 Å². The van der Waals surface area contributed by atoms with Crippen molar-refractivity contribution < 1.29 is 13.9 Å². The molecule has 0 N–H and O–H groups in total. The number of esters is 1. The van der Waals surface area contributed by atoms with Crippen LogP contribution in [0.1, 0.15) is 10.4 Å². The zero-order valence-corrected chi connectivity index (χ0v) is 8.17. The van der Waals surface area contributed by atoms with Gasteiger partial charge < -0.3 is 9.15 Å². The Morgan fingerprint density at radius 2 is 2.29 bits per heavy atom. The Morgan fingerprint density at radius 3 is 3.00 bits per heavy atom. The number of methoxy groups -OCH3 is 1. The van der Waals surface area contributed by atoms with E-state index in [1.807, 2.05) is 0 Å². The highest BCUT2D eigenvalue weighted by atomic mass is 35.5. The number of rotatable bonds is 1. The summed E-state index contributed by atoms with van der Waals surface area (Å²) in [7, 11) is 1.33. The lowest BCUT2D eigenvalue weighted by atomic mass is 10.2. The van der Waals surface area contributed by atoms with Crippen molar-refractivity contribution in [3.63, 3.8) is 0 Å². The van der Waals surface area contributed by atoms with Gasteiger partial charge >= 0.3 is 5.97 Å². The molecule has 1 aromatic heterocycles. The van der Waals surface area contributed by atoms with Crippen LogP contribution in [0.15, 0.2) is 28.9 Å². The molecule has 0 saturated heterocycles. The Balaban J connectivity index is 2.64. The molecule has 0 amide bonds. The number of halogens is 1. The molecular formula is C10H7ClO3. The minimum absolute atomic E-state index is 0.411. The highest BCUT2D eigenvalue weighted by Crippen LogP contribution is 2.24. The molecule has 0 radical (unpaired) electrons. The zero-order chi connectivity index (χ0) is 10.1. The second-order valence-corrected chi connectivity index (χ2v) is 3.22. The van der Waals surface area contributed by atoms with Crippen molar-refractivity contribution in [2.75, 3.05) is 7.11 Å². The molecule has 0 fully saturated rings. The monoisotopic (exact) mass is 210 g/mol. The molecule has 14 heavy (non-hydrogen) atoms. The summed E-state index contributed by atoms with van der Waals surface area (Å²) in [4.78, 5) is 11.3. The van der Waals surface area contributed by atoms with E-state index in [1.54, 1.807) is 18.2 Å². The molecule has 3 nitrogen and oxygen atoms in total. The molecule has 0 atom stereocenters. The Labute approximate surface area is 85.2 Å². The van der Waals surface area contributed by atoms with Gasteiger partial charge in [0, 0.05) is 16.5 Å². The smallest absolute Gasteiger partial charge is 0.341 e. The van der Waals surface area contributed by atoms with Crippen LogP contribution >= 0.6 is 11.6 Å². The maximum atomic E-state index is 11.3. The van der Waals surface area contributed by atoms with E-state index in [9.17, 15) is 4.79 Å². The average molecular weight is 211 g/mol. The Morgan fingerprint density at radius 1 is 1.50 bits per heavy atom. The van der Waals surface area contributed by atoms with Crippen molar-refractivity contribution in [1.29, 1.82) is 0 Å². The maximum absolute atomic E-state index is 11.3. The molecule has 2 aromatic rings. The second-order valence-electron chi connectivity index (χ2n) is 2.78. The highest BCUT2D eigenvalue weighted by molar-refractivity contribution is 6.31. The van der Waals surface area contributed by atoms with Crippen molar-refractivity contribution in [2.24, 2.45) is 0 Å². The van der Waals surface area contributed by atoms with Crippen LogP contribution in [0.2, 0.25) is 5.02 Å². The van der Waals surface area contributed by atoms with Gasteiger partial charge in [0.25, 0.3) is 0 Å². The van der Waals surface area contributed by atoms with Gasteiger partial charge in [-0.05, 0) is 12.1 Å². The van der Waals surface area contributed by atoms with E-state index in [2.05, 4.69) is 4.74 Å². The first kappa shape index (κ1) is 9.09. The molecular weight excluding hydrogens is 204 g/mol. The van der Waals surface area contributed by atoms with Crippen LogP contribution < -0.4 is 0 Å². The van der Waals surface area contributed by atoms with Crippen LogP contribution in [-0.4, -0.2) is 13.1 Å². The van der Waals surface area contributed by atoms with Gasteiger partial charge in [-0.25, -0.2) is 4.79 Å². The predicted molar refractivity (Wildman–Crippen MR) is 52.6 cm³/mol. The molecule has 0 aliphatic heterocycles. The lowest BCUT2D eigenvalue weighted by Gasteiger charge is -1.94. The minimum Gasteiger partial charge on any atom is -0.465 e. The number of hydrogen-bond acceptors (Lipinski definition) is 3. The number of fused-ring (bicyclic) bond motifs is 1. The molecule has 0 aliphatic carbocycles. The molecule has 72 valence electrons. The number of benzene rings is 1. The molecule has 0 bridgehead atoms. The summed E-state index contributed by atoms with van der Waals surface area (Å²) >= 11 is 5.77. The number of carbonyl (C=O) groups excluding carboxylic acids is 1. The van der Waals surface area contributed by atoms with E-state index >= 15 is 0 Å². The van der Waals surface area contributed by atoms with E-state index in [1.165, 1.54) is 13.4 Å². The van der Waals surface area contributed by atoms with Gasteiger partial charge in [0.2, 0.25) is 0 Å². The van der Waals surface area contributed by atoms with Gasteiger partial charge in [0.15, 0.2) is 0 Å². The average Bonchev–Trinajstić information content (AvgIpc) is 2.59. The standard InChI is InChI=1S/C10H7ClO3/c1-13-10(12)8-5-14-9-4-6(11)2-3-7(8)9/h2-5H,1H3. The fourth-order valence-electron chi connectivity index (χ4n) is 1.27. The summed E-state index contributed by atoms with van der Waals surface area (Å²) < 4.78 is 9.77. The third-order valence-corrected chi connectivity index (χ3v) is 2.18. The molecule has 2 rings (SSSR count). The zero-order valence-electron chi connectivity index (χ0n) is 7.41. The molecule has 4 heteroatoms. The fourth-order valence-corrected chi connectivity index (χ4v) is 1.43. The lowest BCUT2D eigenvalue weighted by Crippen LogP contribution is -1.99. The second kappa shape index (κ2) is 3.35. The van der Waals surface area contributed by atoms with E-state index < -0.39 is 5.97 Å². The number of furan rings is 1. The number of carbonyl (C=O) groups is 1. The molecule has 1 aromatic carbocycles. The molecule has 0 aliphatic rings. The van der Waals surface area contributed by atoms with Crippen LogP contribution in [0.4, 0.5) is 0 Å². The van der Waals surface area contributed by atoms with E-state index in [-0.39, 0.29) is 0 Å². The van der Waals surface area contributed by atoms with Gasteiger partial charge in [-0.1, -0.05) is 11.6 Å². The van der Waals surface area contributed by atoms with Crippen molar-refractivity contribution in [3.05, 3.63) is 35.0 Å². The SMILES string of the molecule is COC(=O)c1coc2cc(Cl)ccc12. The normalized spacial score (nSPS) is 10.4. The van der Waals surface area contributed by atoms with Crippen molar-refractivity contribution in [3.8, 4) is 0 Å². The summed E-state index contributed by atoms with van der Waals surface area (Å²) in [6.07, 6.45) is 1.37. The summed E-state index contributed by atoms with van der Waals surface area (Å²) in [5.74, 6) is -0.411. The predicted octanol–water partition coefficient (Wildman–Crippen LogP) is 2.87. The van der Waals surface area contributed by atoms with Crippen molar-refractivity contribution >= 4 is 28.5 Å². The Hall–Kier alpha value is -1.48. The first-order chi connectivity index (χ1) is 6.72. The first-order valence-electron chi connectivity index (χ1n) is 3.97. The number of hydrogen-bond donors (Lipinski definition) is 0. The maximum Gasteiger partial charge on any atom is 0.341 e. The fraction of sp³-hybridized carbons (Fsp3) is 0.100. The van der Waals surface area contributed by atoms with Gasteiger partial charge in [0.05, 0.1) is 7.11 Å². The number of ether oxygens (including phenoxy) is 1. The third-order valence-electron chi connectivity index (χ3n) is 1.94. The van der Waals surface area contributed by atoms with Crippen LogP contribution in [0.5, 0.6) is 0 Å². The van der Waals surface area contributed by atoms with Crippen LogP contribution in [0.3, 0.4) is 0 Å². The molecule has 0 saturated carbocycles. The summed E-state index contributed by atoms with van der Waals surface area (Å²) in [5.41, 5.74) is 0.997. The summed E-state index contributed by atoms with van der Waals surface area (Å²) in [5, 5.41) is 1.28. The van der Waals surface area contributed by atoms with E-state index in [4.69, 9.17) is 16.0 Å². The van der Waals surface area contributed by atoms with E-state index in [0.29, 0.717) is 21.6 Å². The van der Waals surface area contributed by atoms with Crippen molar-refractivity contribution in [2.45, 2.75) is 0 Å². The third kappa shape index (κ3) is 1.36. The Kier molecular flexibility index (Phi) is 2.17.